The lowest BCUT2D eigenvalue weighted by molar-refractivity contribution is -0.274. The molecule has 0 amide bonds. The lowest BCUT2D eigenvalue weighted by Gasteiger charge is -2.12. The molecule has 2 rings (SSSR count). The highest BCUT2D eigenvalue weighted by molar-refractivity contribution is 7.07. The van der Waals surface area contributed by atoms with Crippen molar-refractivity contribution in [2.75, 3.05) is 0 Å². The van der Waals surface area contributed by atoms with Gasteiger partial charge in [0.1, 0.15) is 5.75 Å². The summed E-state index contributed by atoms with van der Waals surface area (Å²) in [6, 6.07) is 7.28. The Labute approximate surface area is 118 Å². The number of benzene rings is 1. The Kier molecular flexibility index (Phi) is 4.67. The number of aliphatic hydroxyl groups is 1. The maximum absolute atomic E-state index is 12.0. The van der Waals surface area contributed by atoms with Crippen LogP contribution in [0.25, 0.3) is 0 Å². The zero-order chi connectivity index (χ0) is 14.6. The number of ether oxygens (including phenoxy) is 1. The van der Waals surface area contributed by atoms with E-state index in [-0.39, 0.29) is 5.75 Å². The molecular weight excluding hydrogens is 289 g/mol. The average Bonchev–Trinajstić information content (AvgIpc) is 2.88. The fourth-order valence-electron chi connectivity index (χ4n) is 1.80. The van der Waals surface area contributed by atoms with Crippen LogP contribution in [0.1, 0.15) is 23.7 Å². The zero-order valence-corrected chi connectivity index (χ0v) is 11.2. The van der Waals surface area contributed by atoms with Gasteiger partial charge >= 0.3 is 6.36 Å². The maximum atomic E-state index is 12.0. The molecule has 108 valence electrons. The van der Waals surface area contributed by atoms with E-state index in [1.807, 2.05) is 16.8 Å². The summed E-state index contributed by atoms with van der Waals surface area (Å²) in [5.41, 5.74) is 1.72. The first-order valence-electron chi connectivity index (χ1n) is 5.99. The van der Waals surface area contributed by atoms with Gasteiger partial charge in [-0.2, -0.15) is 11.3 Å². The summed E-state index contributed by atoms with van der Waals surface area (Å²) in [4.78, 5) is 0. The Morgan fingerprint density at radius 3 is 2.40 bits per heavy atom. The number of halogens is 3. The van der Waals surface area contributed by atoms with E-state index in [1.165, 1.54) is 24.3 Å². The molecule has 0 saturated heterocycles. The van der Waals surface area contributed by atoms with Gasteiger partial charge in [0, 0.05) is 0 Å². The molecule has 0 bridgehead atoms. The first-order valence-corrected chi connectivity index (χ1v) is 6.93. The predicted molar refractivity (Wildman–Crippen MR) is 70.7 cm³/mol. The van der Waals surface area contributed by atoms with Crippen molar-refractivity contribution in [2.45, 2.75) is 25.3 Å². The van der Waals surface area contributed by atoms with E-state index in [9.17, 15) is 18.3 Å². The molecule has 0 aliphatic rings. The van der Waals surface area contributed by atoms with Crippen LogP contribution in [-0.4, -0.2) is 11.5 Å². The molecule has 0 spiro atoms. The van der Waals surface area contributed by atoms with Crippen molar-refractivity contribution in [1.29, 1.82) is 0 Å². The Morgan fingerprint density at radius 1 is 1.15 bits per heavy atom. The summed E-state index contributed by atoms with van der Waals surface area (Å²) in [5, 5.41) is 14.0. The van der Waals surface area contributed by atoms with Crippen molar-refractivity contribution < 1.29 is 23.0 Å². The molecule has 0 aliphatic carbocycles. The van der Waals surface area contributed by atoms with E-state index in [0.29, 0.717) is 12.0 Å². The molecule has 1 atom stereocenters. The van der Waals surface area contributed by atoms with E-state index < -0.39 is 12.5 Å². The lowest BCUT2D eigenvalue weighted by Crippen LogP contribution is -2.17. The summed E-state index contributed by atoms with van der Waals surface area (Å²) in [7, 11) is 0. The minimum Gasteiger partial charge on any atom is -0.406 e. The summed E-state index contributed by atoms with van der Waals surface area (Å²) in [5.74, 6) is -0.286. The normalized spacial score (nSPS) is 13.2. The molecule has 20 heavy (non-hydrogen) atoms. The van der Waals surface area contributed by atoms with E-state index in [4.69, 9.17) is 0 Å². The van der Waals surface area contributed by atoms with Gasteiger partial charge < -0.3 is 9.84 Å². The monoisotopic (exact) mass is 302 g/mol. The van der Waals surface area contributed by atoms with Crippen molar-refractivity contribution in [2.24, 2.45) is 0 Å². The van der Waals surface area contributed by atoms with Crippen molar-refractivity contribution >= 4 is 11.3 Å². The summed E-state index contributed by atoms with van der Waals surface area (Å²) in [6.07, 6.45) is -4.14. The fraction of sp³-hybridized carbons (Fsp3) is 0.286. The number of rotatable bonds is 5. The Hall–Kier alpha value is -1.53. The van der Waals surface area contributed by atoms with Gasteiger partial charge in [-0.15, -0.1) is 13.2 Å². The second-order valence-corrected chi connectivity index (χ2v) is 5.08. The van der Waals surface area contributed by atoms with Gasteiger partial charge in [-0.05, 0) is 52.9 Å². The number of aliphatic hydroxyl groups excluding tert-OH is 1. The van der Waals surface area contributed by atoms with Gasteiger partial charge in [-0.25, -0.2) is 0 Å². The van der Waals surface area contributed by atoms with Gasteiger partial charge in [0.25, 0.3) is 0 Å². The molecule has 1 unspecified atom stereocenters. The average molecular weight is 302 g/mol. The Bertz CT molecular complexity index is 520. The second kappa shape index (κ2) is 6.28. The summed E-state index contributed by atoms with van der Waals surface area (Å²) in [6.45, 7) is 0. The molecule has 1 heterocycles. The van der Waals surface area contributed by atoms with Gasteiger partial charge in [-0.3, -0.25) is 0 Å². The predicted octanol–water partition coefficient (Wildman–Crippen LogP) is 4.31. The van der Waals surface area contributed by atoms with E-state index in [0.717, 1.165) is 12.0 Å². The smallest absolute Gasteiger partial charge is 0.406 e. The zero-order valence-electron chi connectivity index (χ0n) is 10.4. The largest absolute Gasteiger partial charge is 0.573 e. The SMILES string of the molecule is OC(CCc1ccsc1)c1ccc(OC(F)(F)F)cc1. The summed E-state index contributed by atoms with van der Waals surface area (Å²) >= 11 is 1.59. The van der Waals surface area contributed by atoms with Crippen LogP contribution >= 0.6 is 11.3 Å². The number of thiophene rings is 1. The quantitative estimate of drug-likeness (QED) is 0.891. The van der Waals surface area contributed by atoms with Gasteiger partial charge in [0.05, 0.1) is 6.10 Å². The van der Waals surface area contributed by atoms with Crippen LogP contribution in [0.2, 0.25) is 0 Å². The van der Waals surface area contributed by atoms with Gasteiger partial charge in [-0.1, -0.05) is 12.1 Å². The lowest BCUT2D eigenvalue weighted by atomic mass is 10.0. The first-order chi connectivity index (χ1) is 9.44. The third kappa shape index (κ3) is 4.54. The number of hydrogen-bond donors (Lipinski definition) is 1. The molecule has 0 aliphatic heterocycles. The third-order valence-electron chi connectivity index (χ3n) is 2.79. The molecule has 6 heteroatoms. The van der Waals surface area contributed by atoms with Crippen LogP contribution in [0, 0.1) is 0 Å². The second-order valence-electron chi connectivity index (χ2n) is 4.30. The van der Waals surface area contributed by atoms with Crippen molar-refractivity contribution in [3.05, 3.63) is 52.2 Å². The molecule has 1 aromatic carbocycles. The topological polar surface area (TPSA) is 29.5 Å². The molecule has 0 radical (unpaired) electrons. The van der Waals surface area contributed by atoms with Crippen molar-refractivity contribution in [1.82, 2.24) is 0 Å². The van der Waals surface area contributed by atoms with E-state index in [1.54, 1.807) is 11.3 Å². The van der Waals surface area contributed by atoms with E-state index >= 15 is 0 Å². The molecule has 2 nitrogen and oxygen atoms in total. The van der Waals surface area contributed by atoms with E-state index in [2.05, 4.69) is 4.74 Å². The number of alkyl halides is 3. The van der Waals surface area contributed by atoms with Crippen LogP contribution in [0.15, 0.2) is 41.1 Å². The molecule has 0 saturated carbocycles. The highest BCUT2D eigenvalue weighted by Gasteiger charge is 2.31. The van der Waals surface area contributed by atoms with Crippen LogP contribution in [-0.2, 0) is 6.42 Å². The van der Waals surface area contributed by atoms with Crippen LogP contribution < -0.4 is 4.74 Å². The number of aryl methyl sites for hydroxylation is 1. The first kappa shape index (κ1) is 14.9. The van der Waals surface area contributed by atoms with Crippen LogP contribution in [0.3, 0.4) is 0 Å². The molecule has 1 aromatic heterocycles. The molecule has 2 aromatic rings. The summed E-state index contributed by atoms with van der Waals surface area (Å²) < 4.78 is 39.8. The molecule has 0 fully saturated rings. The highest BCUT2D eigenvalue weighted by atomic mass is 32.1. The Morgan fingerprint density at radius 2 is 1.85 bits per heavy atom. The molecule has 1 N–H and O–H groups in total. The third-order valence-corrected chi connectivity index (χ3v) is 3.52. The highest BCUT2D eigenvalue weighted by Crippen LogP contribution is 2.26. The maximum Gasteiger partial charge on any atom is 0.573 e. The molecular formula is C14H13F3O2S. The minimum atomic E-state index is -4.70. The van der Waals surface area contributed by atoms with Crippen LogP contribution in [0.5, 0.6) is 5.75 Å². The van der Waals surface area contributed by atoms with Crippen molar-refractivity contribution in [3.8, 4) is 5.75 Å². The van der Waals surface area contributed by atoms with Gasteiger partial charge in [0.15, 0.2) is 0 Å². The van der Waals surface area contributed by atoms with Crippen molar-refractivity contribution in [3.63, 3.8) is 0 Å². The van der Waals surface area contributed by atoms with Crippen LogP contribution in [0.4, 0.5) is 13.2 Å². The number of hydrogen-bond acceptors (Lipinski definition) is 3. The Balaban J connectivity index is 1.91. The van der Waals surface area contributed by atoms with Gasteiger partial charge in [0.2, 0.25) is 0 Å². The minimum absolute atomic E-state index is 0.286. The standard InChI is InChI=1S/C14H13F3O2S/c15-14(16,17)19-12-4-2-11(3-5-12)13(18)6-1-10-7-8-20-9-10/h2-5,7-9,13,18H,1,6H2. The fourth-order valence-corrected chi connectivity index (χ4v) is 2.50.